The predicted octanol–water partition coefficient (Wildman–Crippen LogP) is 9.36. The second-order valence-corrected chi connectivity index (χ2v) is 9.51. The second kappa shape index (κ2) is 10.5. The molecule has 1 aliphatic rings. The number of alkyl halides is 3. The van der Waals surface area contributed by atoms with Gasteiger partial charge in [-0.2, -0.15) is 0 Å². The first-order valence-electron chi connectivity index (χ1n) is 12.1. The van der Waals surface area contributed by atoms with Crippen LogP contribution in [0.5, 0.6) is 5.75 Å². The summed E-state index contributed by atoms with van der Waals surface area (Å²) in [5.74, 6) is -3.38. The van der Waals surface area contributed by atoms with E-state index in [1.165, 1.54) is 62.8 Å². The Morgan fingerprint density at radius 3 is 2.14 bits per heavy atom. The lowest BCUT2D eigenvalue weighted by Gasteiger charge is -2.28. The zero-order valence-corrected chi connectivity index (χ0v) is 19.5. The van der Waals surface area contributed by atoms with Crippen LogP contribution in [0.1, 0.15) is 57.4 Å². The Bertz CT molecular complexity index is 1180. The SMILES string of the molecule is CCC[C@H]1CC[C@H](CCc2ccc(-c3ccc4c(F)c(OC(F)(F)F)c(F)cc4c3)c(F)c2)CC1. The van der Waals surface area contributed by atoms with Crippen LogP contribution < -0.4 is 4.74 Å². The Morgan fingerprint density at radius 1 is 0.829 bits per heavy atom. The number of fused-ring (bicyclic) bond motifs is 1. The zero-order chi connectivity index (χ0) is 25.2. The number of rotatable bonds is 7. The summed E-state index contributed by atoms with van der Waals surface area (Å²) in [5.41, 5.74) is 1.53. The van der Waals surface area contributed by atoms with E-state index in [9.17, 15) is 26.3 Å². The molecule has 0 bridgehead atoms. The van der Waals surface area contributed by atoms with Crippen molar-refractivity contribution in [1.82, 2.24) is 0 Å². The molecule has 0 spiro atoms. The highest BCUT2D eigenvalue weighted by molar-refractivity contribution is 5.89. The maximum absolute atomic E-state index is 15.0. The molecule has 3 aromatic rings. The highest BCUT2D eigenvalue weighted by atomic mass is 19.4. The molecule has 4 rings (SSSR count). The Kier molecular flexibility index (Phi) is 7.62. The largest absolute Gasteiger partial charge is 0.573 e. The predicted molar refractivity (Wildman–Crippen MR) is 125 cm³/mol. The fraction of sp³-hybridized carbons (Fsp3) is 0.429. The van der Waals surface area contributed by atoms with Crippen molar-refractivity contribution >= 4 is 10.8 Å². The van der Waals surface area contributed by atoms with Gasteiger partial charge in [0.1, 0.15) is 5.82 Å². The van der Waals surface area contributed by atoms with Gasteiger partial charge in [0.15, 0.2) is 11.6 Å². The lowest BCUT2D eigenvalue weighted by Crippen LogP contribution is -2.19. The molecular weight excluding hydrogens is 466 g/mol. The van der Waals surface area contributed by atoms with Gasteiger partial charge in [0.25, 0.3) is 0 Å². The molecule has 188 valence electrons. The number of halogens is 6. The van der Waals surface area contributed by atoms with Crippen LogP contribution in [0, 0.1) is 29.3 Å². The molecule has 1 nitrogen and oxygen atoms in total. The van der Waals surface area contributed by atoms with Gasteiger partial charge in [0.05, 0.1) is 0 Å². The molecule has 0 amide bonds. The van der Waals surface area contributed by atoms with Crippen LogP contribution >= 0.6 is 0 Å². The highest BCUT2D eigenvalue weighted by Crippen LogP contribution is 2.37. The van der Waals surface area contributed by atoms with E-state index in [1.807, 2.05) is 6.07 Å². The summed E-state index contributed by atoms with van der Waals surface area (Å²) in [5, 5.41) is -0.241. The molecule has 1 fully saturated rings. The summed E-state index contributed by atoms with van der Waals surface area (Å²) in [6, 6.07) is 9.68. The van der Waals surface area contributed by atoms with Crippen LogP contribution in [0.3, 0.4) is 0 Å². The van der Waals surface area contributed by atoms with Crippen molar-refractivity contribution in [3.05, 3.63) is 65.5 Å². The summed E-state index contributed by atoms with van der Waals surface area (Å²) < 4.78 is 84.5. The van der Waals surface area contributed by atoms with Crippen molar-refractivity contribution in [3.63, 3.8) is 0 Å². The third-order valence-corrected chi connectivity index (χ3v) is 7.05. The minimum absolute atomic E-state index is 0.00850. The summed E-state index contributed by atoms with van der Waals surface area (Å²) in [7, 11) is 0. The molecule has 0 N–H and O–H groups in total. The molecule has 0 unspecified atom stereocenters. The number of benzene rings is 3. The van der Waals surface area contributed by atoms with E-state index in [1.54, 1.807) is 6.07 Å². The minimum Gasteiger partial charge on any atom is -0.399 e. The number of ether oxygens (including phenoxy) is 1. The second-order valence-electron chi connectivity index (χ2n) is 9.51. The standard InChI is InChI=1S/C28H28F6O/c1-2-3-17-4-6-18(7-5-17)8-9-19-10-12-22(24(29)14-19)20-11-13-23-21(15-20)16-25(30)27(26(23)31)35-28(32,33)34/h10-18H,2-9H2,1H3/t17-,18-. The molecule has 1 aliphatic carbocycles. The molecule has 0 saturated heterocycles. The molecular formula is C28H28F6O. The molecule has 0 aromatic heterocycles. The smallest absolute Gasteiger partial charge is 0.399 e. The molecule has 3 aromatic carbocycles. The highest BCUT2D eigenvalue weighted by Gasteiger charge is 2.34. The monoisotopic (exact) mass is 494 g/mol. The number of hydrogen-bond donors (Lipinski definition) is 0. The van der Waals surface area contributed by atoms with Crippen LogP contribution in [-0.2, 0) is 6.42 Å². The lowest BCUT2D eigenvalue weighted by atomic mass is 9.78. The van der Waals surface area contributed by atoms with E-state index >= 15 is 0 Å². The molecule has 1 saturated carbocycles. The maximum Gasteiger partial charge on any atom is 0.573 e. The van der Waals surface area contributed by atoms with E-state index in [0.29, 0.717) is 11.5 Å². The molecule has 0 atom stereocenters. The van der Waals surface area contributed by atoms with Gasteiger partial charge in [0.2, 0.25) is 5.75 Å². The Labute approximate surface area is 201 Å². The average molecular weight is 495 g/mol. The van der Waals surface area contributed by atoms with Crippen LogP contribution in [0.2, 0.25) is 0 Å². The van der Waals surface area contributed by atoms with Crippen LogP contribution in [-0.4, -0.2) is 6.36 Å². The first kappa shape index (κ1) is 25.4. The van der Waals surface area contributed by atoms with Crippen molar-refractivity contribution in [2.45, 2.75) is 64.7 Å². The van der Waals surface area contributed by atoms with E-state index in [4.69, 9.17) is 0 Å². The third kappa shape index (κ3) is 6.11. The number of aryl methyl sites for hydroxylation is 1. The molecule has 35 heavy (non-hydrogen) atoms. The molecule has 0 heterocycles. The van der Waals surface area contributed by atoms with E-state index in [0.717, 1.165) is 30.4 Å². The van der Waals surface area contributed by atoms with E-state index in [-0.39, 0.29) is 16.3 Å². The Hall–Kier alpha value is -2.70. The first-order valence-corrected chi connectivity index (χ1v) is 12.1. The molecule has 0 aliphatic heterocycles. The fourth-order valence-electron chi connectivity index (χ4n) is 5.22. The van der Waals surface area contributed by atoms with Gasteiger partial charge in [-0.1, -0.05) is 69.7 Å². The Balaban J connectivity index is 1.48. The van der Waals surface area contributed by atoms with Crippen molar-refractivity contribution in [2.75, 3.05) is 0 Å². The van der Waals surface area contributed by atoms with E-state index in [2.05, 4.69) is 11.7 Å². The van der Waals surface area contributed by atoms with Gasteiger partial charge in [-0.25, -0.2) is 13.2 Å². The van der Waals surface area contributed by atoms with Gasteiger partial charge in [0, 0.05) is 10.9 Å². The summed E-state index contributed by atoms with van der Waals surface area (Å²) in [6.07, 6.45) is 4.12. The van der Waals surface area contributed by atoms with Crippen LogP contribution in [0.25, 0.3) is 21.9 Å². The van der Waals surface area contributed by atoms with Crippen molar-refractivity contribution in [2.24, 2.45) is 11.8 Å². The first-order chi connectivity index (χ1) is 16.6. The average Bonchev–Trinajstić information content (AvgIpc) is 2.81. The summed E-state index contributed by atoms with van der Waals surface area (Å²) in [6.45, 7) is 2.22. The fourth-order valence-corrected chi connectivity index (χ4v) is 5.22. The van der Waals surface area contributed by atoms with E-state index < -0.39 is 29.6 Å². The molecule has 7 heteroatoms. The summed E-state index contributed by atoms with van der Waals surface area (Å²) in [4.78, 5) is 0. The molecule has 0 radical (unpaired) electrons. The normalized spacial score (nSPS) is 18.7. The maximum atomic E-state index is 15.0. The van der Waals surface area contributed by atoms with Crippen molar-refractivity contribution in [3.8, 4) is 16.9 Å². The Morgan fingerprint density at radius 2 is 1.51 bits per heavy atom. The van der Waals surface area contributed by atoms with Gasteiger partial charge < -0.3 is 4.74 Å². The van der Waals surface area contributed by atoms with Crippen molar-refractivity contribution < 1.29 is 31.1 Å². The zero-order valence-electron chi connectivity index (χ0n) is 19.5. The van der Waals surface area contributed by atoms with Crippen LogP contribution in [0.15, 0.2) is 42.5 Å². The van der Waals surface area contributed by atoms with Gasteiger partial charge in [-0.05, 0) is 59.4 Å². The quantitative estimate of drug-likeness (QED) is 0.297. The number of hydrogen-bond acceptors (Lipinski definition) is 1. The minimum atomic E-state index is -5.23. The third-order valence-electron chi connectivity index (χ3n) is 7.05. The van der Waals surface area contributed by atoms with Gasteiger partial charge in [-0.3, -0.25) is 0 Å². The van der Waals surface area contributed by atoms with Gasteiger partial charge in [-0.15, -0.1) is 13.2 Å². The van der Waals surface area contributed by atoms with Crippen LogP contribution in [0.4, 0.5) is 26.3 Å². The van der Waals surface area contributed by atoms with Crippen molar-refractivity contribution in [1.29, 1.82) is 0 Å². The van der Waals surface area contributed by atoms with Gasteiger partial charge >= 0.3 is 6.36 Å². The lowest BCUT2D eigenvalue weighted by molar-refractivity contribution is -0.276. The summed E-state index contributed by atoms with van der Waals surface area (Å²) >= 11 is 0. The topological polar surface area (TPSA) is 9.23 Å².